The summed E-state index contributed by atoms with van der Waals surface area (Å²) in [6.45, 7) is 6.20. The molecule has 6 atom stereocenters. The third-order valence-electron chi connectivity index (χ3n) is 9.90. The minimum Gasteiger partial charge on any atom is -0.543 e. The van der Waals surface area contributed by atoms with E-state index in [0.717, 1.165) is 16.2 Å². The van der Waals surface area contributed by atoms with Gasteiger partial charge in [-0.2, -0.15) is 11.3 Å². The van der Waals surface area contributed by atoms with Crippen LogP contribution in [0.2, 0.25) is 0 Å². The van der Waals surface area contributed by atoms with E-state index in [9.17, 15) is 58.8 Å². The van der Waals surface area contributed by atoms with Crippen LogP contribution in [0, 0.1) is 0 Å². The third-order valence-corrected chi connectivity index (χ3v) is 14.2. The van der Waals surface area contributed by atoms with Crippen LogP contribution >= 0.6 is 46.2 Å². The number of pyridine rings is 1. The molecule has 0 spiro atoms. The van der Waals surface area contributed by atoms with Crippen molar-refractivity contribution in [3.8, 4) is 0 Å². The van der Waals surface area contributed by atoms with E-state index in [1.807, 2.05) is 6.07 Å². The number of fused-ring (bicyclic) bond motifs is 2. The maximum absolute atomic E-state index is 13.1. The topological polar surface area (TPSA) is 315 Å². The summed E-state index contributed by atoms with van der Waals surface area (Å²) in [5.41, 5.74) is 4.18. The van der Waals surface area contributed by atoms with Crippen LogP contribution in [-0.2, 0) is 49.7 Å². The lowest BCUT2D eigenvalue weighted by Crippen LogP contribution is -2.71. The number of nitrogens with two attached hydrogens (primary N) is 1. The fourth-order valence-corrected chi connectivity index (χ4v) is 11.0. The summed E-state index contributed by atoms with van der Waals surface area (Å²) in [7, 11) is 0. The van der Waals surface area contributed by atoms with Gasteiger partial charge in [0, 0.05) is 33.6 Å². The number of aliphatic carboxylic acids is 4. The van der Waals surface area contributed by atoms with Gasteiger partial charge in [-0.3, -0.25) is 28.9 Å². The second-order valence-electron chi connectivity index (χ2n) is 15.0. The summed E-state index contributed by atoms with van der Waals surface area (Å²) in [6.07, 6.45) is 3.55. The molecule has 7 heterocycles. The first-order chi connectivity index (χ1) is 29.1. The number of anilines is 1. The number of oxime groups is 1. The molecule has 3 saturated heterocycles. The molecule has 0 radical (unpaired) electrons. The molecule has 0 aromatic carbocycles. The normalized spacial score (nSPS) is 23.0. The first kappa shape index (κ1) is 45.5. The predicted molar refractivity (Wildman–Crippen MR) is 220 cm³/mol. The number of hydrogen-bond acceptors (Lipinski definition) is 17. The molecule has 0 aliphatic carbocycles. The van der Waals surface area contributed by atoms with Gasteiger partial charge < -0.3 is 51.3 Å². The van der Waals surface area contributed by atoms with Gasteiger partial charge in [0.15, 0.2) is 35.7 Å². The average Bonchev–Trinajstić information content (AvgIpc) is 3.95. The second-order valence-corrected chi connectivity index (χ2v) is 19.5. The molecular formula is C37H38N8O13S4. The molecule has 0 unspecified atom stereocenters. The minimum atomic E-state index is -1.75. The lowest BCUT2D eigenvalue weighted by atomic mass is 9.95. The van der Waals surface area contributed by atoms with Crippen molar-refractivity contribution < 1.29 is 68.2 Å². The van der Waals surface area contributed by atoms with Crippen LogP contribution in [0.5, 0.6) is 0 Å². The Morgan fingerprint density at radius 2 is 1.73 bits per heavy atom. The van der Waals surface area contributed by atoms with Crippen molar-refractivity contribution in [2.45, 2.75) is 79.4 Å². The van der Waals surface area contributed by atoms with Crippen LogP contribution in [-0.4, -0.2) is 128 Å². The molecule has 62 heavy (non-hydrogen) atoms. The number of thiazole rings is 1. The van der Waals surface area contributed by atoms with E-state index in [2.05, 4.69) is 20.8 Å². The third kappa shape index (κ3) is 8.96. The largest absolute Gasteiger partial charge is 0.543 e. The van der Waals surface area contributed by atoms with Crippen LogP contribution < -0.4 is 26.0 Å². The molecule has 4 aliphatic rings. The zero-order valence-electron chi connectivity index (χ0n) is 32.9. The van der Waals surface area contributed by atoms with Crippen LogP contribution in [0.4, 0.5) is 5.13 Å². The number of thioether (sulfide) groups is 2. The van der Waals surface area contributed by atoms with Crippen molar-refractivity contribution in [2.75, 3.05) is 11.5 Å². The number of thiophene rings is 1. The number of nitrogens with one attached hydrogen (secondary N) is 2. The Hall–Kier alpha value is -6.05. The number of carbonyl (C=O) groups excluding carboxylic acids is 5. The van der Waals surface area contributed by atoms with E-state index >= 15 is 0 Å². The predicted octanol–water partition coefficient (Wildman–Crippen LogP) is -0.751. The van der Waals surface area contributed by atoms with Crippen LogP contribution in [0.15, 0.2) is 69.2 Å². The van der Waals surface area contributed by atoms with Crippen LogP contribution in [0.1, 0.15) is 44.9 Å². The number of nitrogens with zero attached hydrogens (tertiary/aromatic N) is 5. The van der Waals surface area contributed by atoms with E-state index in [1.165, 1.54) is 59.0 Å². The Morgan fingerprint density at radius 1 is 1.05 bits per heavy atom. The molecule has 3 aromatic heterocycles. The van der Waals surface area contributed by atoms with E-state index < -0.39 is 92.6 Å². The molecular weight excluding hydrogens is 893 g/mol. The van der Waals surface area contributed by atoms with E-state index in [-0.39, 0.29) is 28.8 Å². The number of carboxylic acid groups (broad SMARTS) is 4. The van der Waals surface area contributed by atoms with Gasteiger partial charge in [0.2, 0.25) is 17.4 Å². The summed E-state index contributed by atoms with van der Waals surface area (Å²) in [5, 5.41) is 52.3. The van der Waals surface area contributed by atoms with Crippen molar-refractivity contribution in [3.63, 3.8) is 0 Å². The Morgan fingerprint density at radius 3 is 2.29 bits per heavy atom. The molecule has 4 aliphatic heterocycles. The van der Waals surface area contributed by atoms with Crippen LogP contribution in [0.3, 0.4) is 0 Å². The lowest BCUT2D eigenvalue weighted by molar-refractivity contribution is -0.689. The highest BCUT2D eigenvalue weighted by atomic mass is 32.2. The van der Waals surface area contributed by atoms with Gasteiger partial charge in [-0.05, 0) is 50.1 Å². The van der Waals surface area contributed by atoms with Crippen molar-refractivity contribution in [1.29, 1.82) is 0 Å². The molecule has 328 valence electrons. The van der Waals surface area contributed by atoms with Gasteiger partial charge in [0.1, 0.15) is 34.6 Å². The molecule has 4 amide bonds. The average molecular weight is 931 g/mol. The summed E-state index contributed by atoms with van der Waals surface area (Å²) in [5.74, 6) is -9.09. The molecule has 0 bridgehead atoms. The van der Waals surface area contributed by atoms with Gasteiger partial charge in [0.05, 0.1) is 11.7 Å². The SMILES string of the molecule is CC(C)(O/N=C(\C(=O)N[C@@H]1C(=O)N2C(C(=O)[O-])=C(C[n+]3ccccc3)CS[C@H]12)c1csc(N)n1)C(=O)O.CC1(C)S[C@@H]2[C@H](NC(=O)[C@H](C(=O)O)c3ccsc3)C(=O)N2[C@H]1C(=O)O. The van der Waals surface area contributed by atoms with E-state index in [4.69, 9.17) is 10.6 Å². The van der Waals surface area contributed by atoms with E-state index in [0.29, 0.717) is 16.9 Å². The fraction of sp³-hybridized carbons (Fsp3) is 0.378. The smallest absolute Gasteiger partial charge is 0.350 e. The van der Waals surface area contributed by atoms with Gasteiger partial charge in [0.25, 0.3) is 11.8 Å². The second kappa shape index (κ2) is 17.7. The zero-order chi connectivity index (χ0) is 45.4. The molecule has 0 saturated carbocycles. The Labute approximate surface area is 368 Å². The first-order valence-corrected chi connectivity index (χ1v) is 22.0. The maximum atomic E-state index is 13.1. The minimum absolute atomic E-state index is 0.0265. The lowest BCUT2D eigenvalue weighted by Gasteiger charge is -2.50. The number of amides is 4. The van der Waals surface area contributed by atoms with E-state index in [1.54, 1.807) is 59.8 Å². The quantitative estimate of drug-likeness (QED) is 0.0381. The number of aromatic nitrogens is 2. The Balaban J connectivity index is 0.000000223. The zero-order valence-corrected chi connectivity index (χ0v) is 36.2. The fourth-order valence-electron chi connectivity index (χ4n) is 6.79. The summed E-state index contributed by atoms with van der Waals surface area (Å²) in [4.78, 5) is 109. The van der Waals surface area contributed by atoms with Crippen molar-refractivity contribution >= 4 is 105 Å². The van der Waals surface area contributed by atoms with Crippen LogP contribution in [0.25, 0.3) is 0 Å². The van der Waals surface area contributed by atoms with Crippen molar-refractivity contribution in [2.24, 2.45) is 5.16 Å². The molecule has 7 N–H and O–H groups in total. The Kier molecular flexibility index (Phi) is 13.0. The first-order valence-electron chi connectivity index (χ1n) is 18.3. The number of nitrogen functional groups attached to an aromatic ring is 1. The molecule has 3 fully saturated rings. The van der Waals surface area contributed by atoms with Gasteiger partial charge in [-0.25, -0.2) is 19.1 Å². The number of carboxylic acids is 4. The van der Waals surface area contributed by atoms with Gasteiger partial charge in [-0.1, -0.05) is 11.2 Å². The molecule has 7 rings (SSSR count). The monoisotopic (exact) mass is 930 g/mol. The number of carbonyl (C=O) groups is 8. The number of β-lactam (4-membered cyclic amide) rings is 2. The highest BCUT2D eigenvalue weighted by molar-refractivity contribution is 8.01. The highest BCUT2D eigenvalue weighted by Crippen LogP contribution is 2.51. The molecule has 25 heteroatoms. The summed E-state index contributed by atoms with van der Waals surface area (Å²) in [6, 6.07) is 4.02. The number of hydrogen-bond donors (Lipinski definition) is 6. The standard InChI is InChI=1S/C22H22N6O7S2.C15H16N2O6S2/c1-22(2,20(33)34)35-26-13(12-10-37-21(23)24-12)16(29)25-14-17(30)28-15(19(31)32)11(9-36-18(14)28)8-27-6-4-3-5-7-27;1-15(2)9(14(22)23)17-11(19)8(12(17)25-15)16-10(18)7(13(20)21)6-3-4-24-5-6/h3-7,10,14,18H,8-9H2,1-2H3,(H4-,23,24,25,29,31,32,33,34);3-5,7-9,12H,1-2H3,(H,16,18)(H,20,21)(H,22,23)/b26-13-;/t14-,18-;7-,8-,9+,12-/m11/s1. The molecule has 3 aromatic rings. The van der Waals surface area contributed by atoms with Crippen molar-refractivity contribution in [1.82, 2.24) is 25.4 Å². The number of rotatable bonds is 14. The van der Waals surface area contributed by atoms with Gasteiger partial charge in [-0.15, -0.1) is 34.9 Å². The molecule has 21 nitrogen and oxygen atoms in total. The van der Waals surface area contributed by atoms with Gasteiger partial charge >= 0.3 is 17.9 Å². The Bertz CT molecular complexity index is 2390. The maximum Gasteiger partial charge on any atom is 0.350 e. The van der Waals surface area contributed by atoms with Crippen molar-refractivity contribution in [3.05, 3.63) is 75.3 Å². The highest BCUT2D eigenvalue weighted by Gasteiger charge is 2.64. The summed E-state index contributed by atoms with van der Waals surface area (Å²) >= 11 is 4.88. The summed E-state index contributed by atoms with van der Waals surface area (Å²) < 4.78 is 1.08.